The summed E-state index contributed by atoms with van der Waals surface area (Å²) < 4.78 is 0. The van der Waals surface area contributed by atoms with Crippen LogP contribution in [-0.2, 0) is 34.6 Å². The molecule has 0 aliphatic heterocycles. The Balaban J connectivity index is 0.000000284. The molecule has 0 saturated carbocycles. The molecule has 0 heterocycles. The van der Waals surface area contributed by atoms with Crippen LogP contribution >= 0.6 is 0 Å². The number of rotatable bonds is 2. The van der Waals surface area contributed by atoms with E-state index >= 15 is 0 Å². The predicted molar refractivity (Wildman–Crippen MR) is 69.3 cm³/mol. The maximum atomic E-state index is 3.12. The fourth-order valence-corrected chi connectivity index (χ4v) is 1.30. The molecule has 0 aliphatic rings. The summed E-state index contributed by atoms with van der Waals surface area (Å²) in [5.41, 5.74) is 2.57. The van der Waals surface area contributed by atoms with Crippen LogP contribution in [0.15, 0.2) is 48.5 Å². The maximum absolute atomic E-state index is 3.12. The van der Waals surface area contributed by atoms with Crippen molar-refractivity contribution in [3.63, 3.8) is 0 Å². The van der Waals surface area contributed by atoms with Crippen LogP contribution in [0.5, 0.6) is 0 Å². The van der Waals surface area contributed by atoms with Crippen molar-refractivity contribution in [1.29, 1.82) is 0 Å². The zero-order chi connectivity index (χ0) is 11.6. The molecular weight excluding hydrogens is 240 g/mol. The van der Waals surface area contributed by atoms with Gasteiger partial charge in [-0.25, -0.2) is 0 Å². The summed E-state index contributed by atoms with van der Waals surface area (Å²) in [5, 5.41) is 0. The molecule has 0 atom stereocenters. The van der Waals surface area contributed by atoms with Crippen LogP contribution in [0, 0.1) is 12.1 Å². The molecular formula is C16H18Ti. The van der Waals surface area contributed by atoms with Crippen LogP contribution in [0.3, 0.4) is 0 Å². The van der Waals surface area contributed by atoms with Gasteiger partial charge < -0.3 is 0 Å². The van der Waals surface area contributed by atoms with Crippen molar-refractivity contribution in [1.82, 2.24) is 0 Å². The van der Waals surface area contributed by atoms with E-state index in [1.807, 2.05) is 36.4 Å². The zero-order valence-corrected chi connectivity index (χ0v) is 12.1. The monoisotopic (exact) mass is 258 g/mol. The smallest absolute Gasteiger partial charge is 0.180 e. The Morgan fingerprint density at radius 3 is 1.35 bits per heavy atom. The first-order valence-corrected chi connectivity index (χ1v) is 5.78. The van der Waals surface area contributed by atoms with E-state index in [-0.39, 0.29) is 21.7 Å². The largest absolute Gasteiger partial charge is 2.00 e. The van der Waals surface area contributed by atoms with Gasteiger partial charge in [-0.3, -0.25) is 0 Å². The van der Waals surface area contributed by atoms with Crippen molar-refractivity contribution in [3.8, 4) is 0 Å². The van der Waals surface area contributed by atoms with Crippen LogP contribution in [0.4, 0.5) is 0 Å². The van der Waals surface area contributed by atoms with Crippen molar-refractivity contribution >= 4 is 0 Å². The normalized spacial score (nSPS) is 8.59. The van der Waals surface area contributed by atoms with Crippen molar-refractivity contribution in [2.45, 2.75) is 26.7 Å². The van der Waals surface area contributed by atoms with Crippen LogP contribution in [0.1, 0.15) is 25.0 Å². The van der Waals surface area contributed by atoms with E-state index in [0.29, 0.717) is 0 Å². The van der Waals surface area contributed by atoms with Gasteiger partial charge in [-0.1, -0.05) is 26.7 Å². The van der Waals surface area contributed by atoms with Gasteiger partial charge in [0.15, 0.2) is 0 Å². The van der Waals surface area contributed by atoms with Gasteiger partial charge in [0.2, 0.25) is 0 Å². The van der Waals surface area contributed by atoms with Gasteiger partial charge in [-0.2, -0.15) is 71.8 Å². The minimum absolute atomic E-state index is 0. The SMILES string of the molecule is CCc1[c-]cccc1.CCc1[c-]cccc1.[Ti+2]. The Morgan fingerprint density at radius 2 is 1.18 bits per heavy atom. The van der Waals surface area contributed by atoms with Crippen LogP contribution in [0.2, 0.25) is 0 Å². The predicted octanol–water partition coefficient (Wildman–Crippen LogP) is 4.10. The molecule has 0 N–H and O–H groups in total. The van der Waals surface area contributed by atoms with Crippen molar-refractivity contribution in [2.75, 3.05) is 0 Å². The Morgan fingerprint density at radius 1 is 0.765 bits per heavy atom. The Hall–Kier alpha value is -0.846. The Labute approximate surface area is 120 Å². The number of hydrogen-bond donors (Lipinski definition) is 0. The van der Waals surface area contributed by atoms with Crippen LogP contribution in [-0.4, -0.2) is 0 Å². The molecule has 0 amide bonds. The molecule has 17 heavy (non-hydrogen) atoms. The molecule has 0 aromatic heterocycles. The van der Waals surface area contributed by atoms with E-state index in [4.69, 9.17) is 0 Å². The third-order valence-electron chi connectivity index (χ3n) is 2.31. The van der Waals surface area contributed by atoms with Crippen molar-refractivity contribution in [3.05, 3.63) is 71.8 Å². The topological polar surface area (TPSA) is 0 Å². The molecule has 1 heteroatoms. The second kappa shape index (κ2) is 10.3. The third-order valence-corrected chi connectivity index (χ3v) is 2.31. The molecule has 0 nitrogen and oxygen atoms in total. The van der Waals surface area contributed by atoms with E-state index in [2.05, 4.69) is 38.1 Å². The molecule has 2 aromatic carbocycles. The summed E-state index contributed by atoms with van der Waals surface area (Å²) in [5.74, 6) is 0. The van der Waals surface area contributed by atoms with Gasteiger partial charge in [0, 0.05) is 0 Å². The van der Waals surface area contributed by atoms with Crippen LogP contribution < -0.4 is 0 Å². The minimum Gasteiger partial charge on any atom is -0.180 e. The van der Waals surface area contributed by atoms with E-state index in [0.717, 1.165) is 12.8 Å². The summed E-state index contributed by atoms with van der Waals surface area (Å²) in [4.78, 5) is 0. The summed E-state index contributed by atoms with van der Waals surface area (Å²) >= 11 is 0. The summed E-state index contributed by atoms with van der Waals surface area (Å²) in [6.07, 6.45) is 2.17. The van der Waals surface area contributed by atoms with E-state index < -0.39 is 0 Å². The van der Waals surface area contributed by atoms with E-state index in [1.54, 1.807) is 0 Å². The molecule has 2 rings (SSSR count). The van der Waals surface area contributed by atoms with E-state index in [1.165, 1.54) is 11.1 Å². The first-order chi connectivity index (χ1) is 7.86. The van der Waals surface area contributed by atoms with Gasteiger partial charge >= 0.3 is 21.7 Å². The van der Waals surface area contributed by atoms with Crippen molar-refractivity contribution < 1.29 is 21.7 Å². The Bertz CT molecular complexity index is 328. The second-order valence-electron chi connectivity index (χ2n) is 3.48. The summed E-state index contributed by atoms with van der Waals surface area (Å²) in [6, 6.07) is 22.3. The first kappa shape index (κ1) is 16.2. The second-order valence-corrected chi connectivity index (χ2v) is 3.48. The van der Waals surface area contributed by atoms with Gasteiger partial charge in [-0.05, 0) is 0 Å². The molecule has 0 fully saturated rings. The van der Waals surface area contributed by atoms with Gasteiger partial charge in [0.05, 0.1) is 0 Å². The molecule has 0 saturated heterocycles. The van der Waals surface area contributed by atoms with Gasteiger partial charge in [-0.15, -0.1) is 0 Å². The summed E-state index contributed by atoms with van der Waals surface area (Å²) in [7, 11) is 0. The first-order valence-electron chi connectivity index (χ1n) is 5.78. The standard InChI is InChI=1S/2C8H9.Ti/c2*1-2-8-6-4-3-5-7-8;/h2*3-6H,2H2,1H3;/q2*-1;+2. The molecule has 0 bridgehead atoms. The van der Waals surface area contributed by atoms with Gasteiger partial charge in [0.1, 0.15) is 0 Å². The number of aryl methyl sites for hydroxylation is 2. The zero-order valence-electron chi connectivity index (χ0n) is 10.5. The fourth-order valence-electron chi connectivity index (χ4n) is 1.30. The molecule has 0 radical (unpaired) electrons. The van der Waals surface area contributed by atoms with Crippen LogP contribution in [0.25, 0.3) is 0 Å². The Kier molecular flexibility index (Phi) is 9.80. The maximum Gasteiger partial charge on any atom is 2.00 e. The quantitative estimate of drug-likeness (QED) is 0.562. The molecule has 0 spiro atoms. The van der Waals surface area contributed by atoms with E-state index in [9.17, 15) is 0 Å². The molecule has 2 aromatic rings. The summed E-state index contributed by atoms with van der Waals surface area (Å²) in [6.45, 7) is 4.26. The van der Waals surface area contributed by atoms with Gasteiger partial charge in [0.25, 0.3) is 0 Å². The minimum atomic E-state index is 0. The molecule has 0 unspecified atom stereocenters. The fraction of sp³-hybridized carbons (Fsp3) is 0.250. The molecule has 86 valence electrons. The molecule has 0 aliphatic carbocycles. The third kappa shape index (κ3) is 7.15. The van der Waals surface area contributed by atoms with Crippen molar-refractivity contribution in [2.24, 2.45) is 0 Å². The number of benzene rings is 2. The average molecular weight is 258 g/mol. The average Bonchev–Trinajstić information content (AvgIpc) is 2.41. The number of hydrogen-bond acceptors (Lipinski definition) is 0.